The summed E-state index contributed by atoms with van der Waals surface area (Å²) in [5, 5.41) is 13.2. The minimum Gasteiger partial charge on any atom is -0.399 e. The van der Waals surface area contributed by atoms with Crippen molar-refractivity contribution in [1.29, 1.82) is 0 Å². The minimum atomic E-state index is 0.0764. The van der Waals surface area contributed by atoms with Crippen LogP contribution >= 0.6 is 11.3 Å². The summed E-state index contributed by atoms with van der Waals surface area (Å²) in [6, 6.07) is 13.6. The van der Waals surface area contributed by atoms with E-state index in [9.17, 15) is 0 Å². The lowest BCUT2D eigenvalue weighted by molar-refractivity contribution is 0.282. The first-order valence-electron chi connectivity index (χ1n) is 6.33. The van der Waals surface area contributed by atoms with Gasteiger partial charge < -0.3 is 16.2 Å². The van der Waals surface area contributed by atoms with Crippen molar-refractivity contribution in [3.8, 4) is 0 Å². The van der Waals surface area contributed by atoms with E-state index in [0.717, 1.165) is 32.2 Å². The number of aliphatic hydroxyl groups excluding tert-OH is 1. The number of rotatable bonds is 4. The number of aliphatic hydroxyl groups is 1. The fraction of sp³-hybridized carbons (Fsp3) is 0.133. The summed E-state index contributed by atoms with van der Waals surface area (Å²) >= 11 is 1.60. The standard InChI is InChI=1S/C15H15N3OS/c16-12-5-6-13-14(7-12)20-15(18-13)17-8-10-1-3-11(9-19)4-2-10/h1-7,19H,8-9,16H2,(H,17,18). The summed E-state index contributed by atoms with van der Waals surface area (Å²) < 4.78 is 1.09. The lowest BCUT2D eigenvalue weighted by Crippen LogP contribution is -1.98. The van der Waals surface area contributed by atoms with Gasteiger partial charge in [0.1, 0.15) is 0 Å². The van der Waals surface area contributed by atoms with E-state index in [1.165, 1.54) is 0 Å². The molecule has 0 amide bonds. The quantitative estimate of drug-likeness (QED) is 0.644. The smallest absolute Gasteiger partial charge is 0.184 e. The monoisotopic (exact) mass is 285 g/mol. The van der Waals surface area contributed by atoms with Crippen LogP contribution in [0, 0.1) is 0 Å². The Morgan fingerprint density at radius 2 is 1.85 bits per heavy atom. The highest BCUT2D eigenvalue weighted by Gasteiger charge is 2.03. The summed E-state index contributed by atoms with van der Waals surface area (Å²) in [5.41, 5.74) is 9.56. The summed E-state index contributed by atoms with van der Waals surface area (Å²) in [7, 11) is 0. The van der Waals surface area contributed by atoms with Gasteiger partial charge in [-0.2, -0.15) is 0 Å². The minimum absolute atomic E-state index is 0.0764. The van der Waals surface area contributed by atoms with Gasteiger partial charge in [0.25, 0.3) is 0 Å². The van der Waals surface area contributed by atoms with Crippen molar-refractivity contribution in [1.82, 2.24) is 4.98 Å². The van der Waals surface area contributed by atoms with Crippen LogP contribution in [0.5, 0.6) is 0 Å². The number of anilines is 2. The molecule has 0 bridgehead atoms. The van der Waals surface area contributed by atoms with Crippen molar-refractivity contribution in [3.63, 3.8) is 0 Å². The zero-order valence-electron chi connectivity index (χ0n) is 10.8. The van der Waals surface area contributed by atoms with Crippen LogP contribution in [0.2, 0.25) is 0 Å². The molecule has 20 heavy (non-hydrogen) atoms. The highest BCUT2D eigenvalue weighted by molar-refractivity contribution is 7.22. The van der Waals surface area contributed by atoms with Crippen LogP contribution in [-0.4, -0.2) is 10.1 Å². The van der Waals surface area contributed by atoms with Gasteiger partial charge in [0.2, 0.25) is 0 Å². The number of hydrogen-bond donors (Lipinski definition) is 3. The molecule has 0 saturated carbocycles. The number of nitrogens with zero attached hydrogens (tertiary/aromatic N) is 1. The molecule has 0 radical (unpaired) electrons. The van der Waals surface area contributed by atoms with Gasteiger partial charge in [-0.1, -0.05) is 35.6 Å². The van der Waals surface area contributed by atoms with E-state index in [1.807, 2.05) is 42.5 Å². The second-order valence-electron chi connectivity index (χ2n) is 4.57. The molecule has 2 aromatic carbocycles. The first kappa shape index (κ1) is 12.9. The fourth-order valence-electron chi connectivity index (χ4n) is 1.96. The molecular formula is C15H15N3OS. The molecule has 4 N–H and O–H groups in total. The molecule has 4 nitrogen and oxygen atoms in total. The molecule has 0 saturated heterocycles. The van der Waals surface area contributed by atoms with E-state index in [0.29, 0.717) is 6.54 Å². The number of thiazole rings is 1. The molecule has 3 aromatic rings. The number of benzene rings is 2. The molecule has 0 aliphatic rings. The third-order valence-corrected chi connectivity index (χ3v) is 4.04. The first-order valence-corrected chi connectivity index (χ1v) is 7.15. The van der Waals surface area contributed by atoms with Crippen LogP contribution in [0.1, 0.15) is 11.1 Å². The second kappa shape index (κ2) is 5.48. The second-order valence-corrected chi connectivity index (χ2v) is 5.60. The van der Waals surface area contributed by atoms with Crippen LogP contribution in [0.4, 0.5) is 10.8 Å². The van der Waals surface area contributed by atoms with Crippen molar-refractivity contribution in [3.05, 3.63) is 53.6 Å². The van der Waals surface area contributed by atoms with Gasteiger partial charge in [0.05, 0.1) is 16.8 Å². The Hall–Kier alpha value is -2.11. The lowest BCUT2D eigenvalue weighted by Gasteiger charge is -2.03. The summed E-state index contributed by atoms with van der Waals surface area (Å²) in [6.45, 7) is 0.786. The van der Waals surface area contributed by atoms with E-state index >= 15 is 0 Å². The lowest BCUT2D eigenvalue weighted by atomic mass is 10.1. The van der Waals surface area contributed by atoms with Crippen molar-refractivity contribution >= 4 is 32.4 Å². The molecule has 0 fully saturated rings. The molecular weight excluding hydrogens is 270 g/mol. The van der Waals surface area contributed by atoms with Crippen molar-refractivity contribution in [2.75, 3.05) is 11.1 Å². The SMILES string of the molecule is Nc1ccc2nc(NCc3ccc(CO)cc3)sc2c1. The Bertz CT molecular complexity index is 722. The molecule has 3 rings (SSSR count). The molecule has 0 unspecified atom stereocenters. The summed E-state index contributed by atoms with van der Waals surface area (Å²) in [4.78, 5) is 4.51. The molecule has 0 spiro atoms. The normalized spacial score (nSPS) is 10.8. The predicted molar refractivity (Wildman–Crippen MR) is 83.7 cm³/mol. The average molecular weight is 285 g/mol. The highest BCUT2D eigenvalue weighted by Crippen LogP contribution is 2.27. The molecule has 0 atom stereocenters. The van der Waals surface area contributed by atoms with Crippen LogP contribution in [0.3, 0.4) is 0 Å². The summed E-state index contributed by atoms with van der Waals surface area (Å²) in [6.07, 6.45) is 0. The topological polar surface area (TPSA) is 71.2 Å². The maximum atomic E-state index is 9.01. The van der Waals surface area contributed by atoms with Crippen molar-refractivity contribution < 1.29 is 5.11 Å². The van der Waals surface area contributed by atoms with Gasteiger partial charge >= 0.3 is 0 Å². The maximum Gasteiger partial charge on any atom is 0.184 e. The number of nitrogens with two attached hydrogens (primary N) is 1. The molecule has 1 heterocycles. The fourth-order valence-corrected chi connectivity index (χ4v) is 2.87. The Labute approximate surface area is 120 Å². The number of fused-ring (bicyclic) bond motifs is 1. The third-order valence-electron chi connectivity index (χ3n) is 3.06. The zero-order valence-corrected chi connectivity index (χ0v) is 11.7. The third kappa shape index (κ3) is 2.74. The van der Waals surface area contributed by atoms with Gasteiger partial charge in [-0.3, -0.25) is 0 Å². The number of nitrogen functional groups attached to an aromatic ring is 1. The summed E-state index contributed by atoms with van der Waals surface area (Å²) in [5.74, 6) is 0. The van der Waals surface area contributed by atoms with E-state index in [2.05, 4.69) is 10.3 Å². The van der Waals surface area contributed by atoms with Gasteiger partial charge in [-0.15, -0.1) is 0 Å². The Morgan fingerprint density at radius 3 is 2.60 bits per heavy atom. The number of nitrogens with one attached hydrogen (secondary N) is 1. The Balaban J connectivity index is 1.72. The molecule has 0 aliphatic carbocycles. The van der Waals surface area contributed by atoms with Crippen LogP contribution in [-0.2, 0) is 13.2 Å². The molecule has 0 aliphatic heterocycles. The van der Waals surface area contributed by atoms with E-state index in [-0.39, 0.29) is 6.61 Å². The van der Waals surface area contributed by atoms with Gasteiger partial charge in [-0.25, -0.2) is 4.98 Å². The Kier molecular flexibility index (Phi) is 3.54. The van der Waals surface area contributed by atoms with Crippen LogP contribution < -0.4 is 11.1 Å². The van der Waals surface area contributed by atoms with Crippen molar-refractivity contribution in [2.45, 2.75) is 13.2 Å². The average Bonchev–Trinajstić information content (AvgIpc) is 2.87. The van der Waals surface area contributed by atoms with Gasteiger partial charge in [0, 0.05) is 12.2 Å². The maximum absolute atomic E-state index is 9.01. The van der Waals surface area contributed by atoms with Crippen LogP contribution in [0.15, 0.2) is 42.5 Å². The largest absolute Gasteiger partial charge is 0.399 e. The van der Waals surface area contributed by atoms with Gasteiger partial charge in [0.15, 0.2) is 5.13 Å². The Morgan fingerprint density at radius 1 is 1.10 bits per heavy atom. The number of aromatic nitrogens is 1. The first-order chi connectivity index (χ1) is 9.74. The molecule has 1 aromatic heterocycles. The molecule has 5 heteroatoms. The van der Waals surface area contributed by atoms with E-state index in [1.54, 1.807) is 11.3 Å². The van der Waals surface area contributed by atoms with Gasteiger partial charge in [-0.05, 0) is 29.3 Å². The molecule has 102 valence electrons. The van der Waals surface area contributed by atoms with Crippen molar-refractivity contribution in [2.24, 2.45) is 0 Å². The van der Waals surface area contributed by atoms with E-state index in [4.69, 9.17) is 10.8 Å². The van der Waals surface area contributed by atoms with E-state index < -0.39 is 0 Å². The van der Waals surface area contributed by atoms with Crippen LogP contribution in [0.25, 0.3) is 10.2 Å². The number of hydrogen-bond acceptors (Lipinski definition) is 5. The predicted octanol–water partition coefficient (Wildman–Crippen LogP) is 2.98. The zero-order chi connectivity index (χ0) is 13.9. The highest BCUT2D eigenvalue weighted by atomic mass is 32.1.